The first-order valence-corrected chi connectivity index (χ1v) is 10.4. The van der Waals surface area contributed by atoms with E-state index in [4.69, 9.17) is 0 Å². The average Bonchev–Trinajstić information content (AvgIpc) is 3.06. The molecule has 0 spiro atoms. The van der Waals surface area contributed by atoms with Gasteiger partial charge in [0.25, 0.3) is 5.91 Å². The summed E-state index contributed by atoms with van der Waals surface area (Å²) < 4.78 is -0.304. The van der Waals surface area contributed by atoms with Crippen LogP contribution in [0.5, 0.6) is 0 Å². The van der Waals surface area contributed by atoms with Crippen LogP contribution in [0.2, 0.25) is 0 Å². The lowest BCUT2D eigenvalue weighted by Crippen LogP contribution is -2.52. The second-order valence-electron chi connectivity index (χ2n) is 7.93. The number of hydrogen-bond acceptors (Lipinski definition) is 3. The van der Waals surface area contributed by atoms with Gasteiger partial charge < -0.3 is 10.2 Å². The molecule has 2 atom stereocenters. The molecular weight excluding hydrogens is 344 g/mol. The first-order valence-electron chi connectivity index (χ1n) is 9.54. The van der Waals surface area contributed by atoms with E-state index in [1.807, 2.05) is 24.3 Å². The fraction of sp³-hybridized carbons (Fsp3) is 0.524. The molecule has 1 aliphatic carbocycles. The van der Waals surface area contributed by atoms with E-state index in [0.29, 0.717) is 6.54 Å². The van der Waals surface area contributed by atoms with Crippen molar-refractivity contribution >= 4 is 23.6 Å². The number of hydrogen-bond donors (Lipinski definition) is 1. The molecule has 1 N–H and O–H groups in total. The van der Waals surface area contributed by atoms with E-state index in [1.165, 1.54) is 18.4 Å². The van der Waals surface area contributed by atoms with E-state index >= 15 is 0 Å². The van der Waals surface area contributed by atoms with Crippen LogP contribution in [-0.2, 0) is 4.79 Å². The molecule has 2 amide bonds. The normalized spacial score (nSPS) is 26.3. The summed E-state index contributed by atoms with van der Waals surface area (Å²) in [6.45, 7) is 4.79. The number of nitrogens with one attached hydrogen (secondary N) is 1. The van der Waals surface area contributed by atoms with Gasteiger partial charge in [-0.2, -0.15) is 0 Å². The van der Waals surface area contributed by atoms with Crippen molar-refractivity contribution in [3.05, 3.63) is 47.0 Å². The maximum Gasteiger partial charge on any atom is 0.256 e. The minimum atomic E-state index is -0.433. The van der Waals surface area contributed by atoms with E-state index in [0.717, 1.165) is 30.4 Å². The molecule has 4 nitrogen and oxygen atoms in total. The van der Waals surface area contributed by atoms with Gasteiger partial charge in [0.05, 0.1) is 0 Å². The fourth-order valence-electron chi connectivity index (χ4n) is 4.38. The highest BCUT2D eigenvalue weighted by Gasteiger charge is 2.57. The lowest BCUT2D eigenvalue weighted by molar-refractivity contribution is -0.126. The fourth-order valence-corrected chi connectivity index (χ4v) is 5.97. The number of rotatable bonds is 4. The minimum absolute atomic E-state index is 0.0150. The van der Waals surface area contributed by atoms with Gasteiger partial charge >= 0.3 is 0 Å². The number of carbonyl (C=O) groups is 2. The van der Waals surface area contributed by atoms with Gasteiger partial charge in [-0.05, 0) is 57.6 Å². The lowest BCUT2D eigenvalue weighted by atomic mass is 9.97. The van der Waals surface area contributed by atoms with E-state index in [-0.39, 0.29) is 21.9 Å². The van der Waals surface area contributed by atoms with E-state index < -0.39 is 6.04 Å². The van der Waals surface area contributed by atoms with Crippen LogP contribution >= 0.6 is 11.8 Å². The van der Waals surface area contributed by atoms with Crippen LogP contribution in [0.3, 0.4) is 0 Å². The zero-order chi connectivity index (χ0) is 18.3. The van der Waals surface area contributed by atoms with Crippen LogP contribution in [-0.4, -0.2) is 34.0 Å². The summed E-state index contributed by atoms with van der Waals surface area (Å²) >= 11 is 1.72. The molecule has 0 aromatic heterocycles. The number of thioether (sulfide) groups is 1. The van der Waals surface area contributed by atoms with Gasteiger partial charge in [-0.25, -0.2) is 0 Å². The molecule has 1 saturated heterocycles. The van der Waals surface area contributed by atoms with Gasteiger partial charge in [-0.1, -0.05) is 29.8 Å². The Kier molecular flexibility index (Phi) is 4.59. The number of carbonyl (C=O) groups excluding carboxylic acids is 2. The zero-order valence-corrected chi connectivity index (χ0v) is 16.3. The number of fused-ring (bicyclic) bond motifs is 3. The minimum Gasteiger partial charge on any atom is -0.354 e. The Bertz CT molecular complexity index is 771. The van der Waals surface area contributed by atoms with Crippen LogP contribution in [0.15, 0.2) is 35.9 Å². The van der Waals surface area contributed by atoms with Gasteiger partial charge in [-0.15, -0.1) is 11.8 Å². The lowest BCUT2D eigenvalue weighted by Gasteiger charge is -2.29. The van der Waals surface area contributed by atoms with Crippen molar-refractivity contribution in [1.82, 2.24) is 10.2 Å². The second kappa shape index (κ2) is 6.76. The topological polar surface area (TPSA) is 49.4 Å². The third kappa shape index (κ3) is 2.96. The Morgan fingerprint density at radius 3 is 2.88 bits per heavy atom. The Balaban J connectivity index is 1.48. The molecule has 4 rings (SSSR count). The Morgan fingerprint density at radius 2 is 2.12 bits per heavy atom. The summed E-state index contributed by atoms with van der Waals surface area (Å²) in [5.74, 6) is -0.0404. The van der Waals surface area contributed by atoms with E-state index in [1.54, 1.807) is 16.7 Å². The molecule has 0 bridgehead atoms. The van der Waals surface area contributed by atoms with E-state index in [2.05, 4.69) is 25.2 Å². The van der Waals surface area contributed by atoms with Gasteiger partial charge in [0.15, 0.2) is 0 Å². The predicted octanol–water partition coefficient (Wildman–Crippen LogP) is 4.04. The molecule has 3 aliphatic rings. The van der Waals surface area contributed by atoms with Gasteiger partial charge in [-0.3, -0.25) is 9.59 Å². The molecule has 5 heteroatoms. The highest BCUT2D eigenvalue weighted by Crippen LogP contribution is 2.56. The van der Waals surface area contributed by atoms with Crippen LogP contribution in [0.25, 0.3) is 0 Å². The molecule has 1 fully saturated rings. The van der Waals surface area contributed by atoms with Crippen LogP contribution in [0, 0.1) is 0 Å². The predicted molar refractivity (Wildman–Crippen MR) is 105 cm³/mol. The molecule has 2 aliphatic heterocycles. The Labute approximate surface area is 159 Å². The smallest absolute Gasteiger partial charge is 0.256 e. The summed E-state index contributed by atoms with van der Waals surface area (Å²) in [5, 5.41) is 3.05. The van der Waals surface area contributed by atoms with Crippen molar-refractivity contribution in [3.63, 3.8) is 0 Å². The van der Waals surface area contributed by atoms with Gasteiger partial charge in [0, 0.05) is 16.9 Å². The molecule has 0 radical (unpaired) electrons. The third-order valence-corrected chi connectivity index (χ3v) is 7.21. The number of amides is 2. The van der Waals surface area contributed by atoms with E-state index in [9.17, 15) is 9.59 Å². The van der Waals surface area contributed by atoms with Crippen molar-refractivity contribution in [3.8, 4) is 0 Å². The number of nitrogens with zero attached hydrogens (tertiary/aromatic N) is 1. The molecule has 1 aromatic rings. The summed E-state index contributed by atoms with van der Waals surface area (Å²) in [4.78, 5) is 27.7. The SMILES string of the molecule is CC1(C)SC2c3ccccc3C(=O)N2[C@@H]1C(=O)NCCC1=CCCCC1. The maximum absolute atomic E-state index is 13.0. The molecule has 1 aromatic carbocycles. The average molecular weight is 371 g/mol. The summed E-state index contributed by atoms with van der Waals surface area (Å²) in [6, 6.07) is 7.30. The summed E-state index contributed by atoms with van der Waals surface area (Å²) in [6.07, 6.45) is 8.10. The maximum atomic E-state index is 13.0. The van der Waals surface area contributed by atoms with Crippen LogP contribution in [0.4, 0.5) is 0 Å². The zero-order valence-electron chi connectivity index (χ0n) is 15.5. The Hall–Kier alpha value is -1.75. The second-order valence-corrected chi connectivity index (χ2v) is 9.66. The standard InChI is InChI=1S/C21H26N2O2S/c1-21(2)17(18(24)22-13-12-14-8-4-3-5-9-14)23-19(25)15-10-6-7-11-16(15)20(23)26-21/h6-8,10-11,17,20H,3-5,9,12-13H2,1-2H3,(H,22,24)/t17-,20?/m1/s1. The number of benzene rings is 1. The molecule has 0 saturated carbocycles. The van der Waals surface area contributed by atoms with Crippen molar-refractivity contribution in [2.45, 2.75) is 62.1 Å². The largest absolute Gasteiger partial charge is 0.354 e. The summed E-state index contributed by atoms with van der Waals surface area (Å²) in [7, 11) is 0. The summed E-state index contributed by atoms with van der Waals surface area (Å²) in [5.41, 5.74) is 3.24. The molecule has 26 heavy (non-hydrogen) atoms. The van der Waals surface area contributed by atoms with Gasteiger partial charge in [0.2, 0.25) is 5.91 Å². The van der Waals surface area contributed by atoms with Crippen LogP contribution in [0.1, 0.15) is 67.2 Å². The Morgan fingerprint density at radius 1 is 1.31 bits per heavy atom. The van der Waals surface area contributed by atoms with Crippen molar-refractivity contribution in [2.24, 2.45) is 0 Å². The highest BCUT2D eigenvalue weighted by molar-refractivity contribution is 8.01. The van der Waals surface area contributed by atoms with Gasteiger partial charge in [0.1, 0.15) is 11.4 Å². The van der Waals surface area contributed by atoms with Crippen molar-refractivity contribution in [1.29, 1.82) is 0 Å². The molecule has 2 heterocycles. The number of allylic oxidation sites excluding steroid dienone is 1. The first kappa shape index (κ1) is 17.7. The molecular formula is C21H26N2O2S. The molecule has 1 unspecified atom stereocenters. The quantitative estimate of drug-likeness (QED) is 0.814. The highest BCUT2D eigenvalue weighted by atomic mass is 32.2. The third-order valence-electron chi connectivity index (χ3n) is 5.68. The first-order chi connectivity index (χ1) is 12.5. The molecule has 138 valence electrons. The monoisotopic (exact) mass is 370 g/mol. The van der Waals surface area contributed by atoms with Crippen LogP contribution < -0.4 is 5.32 Å². The van der Waals surface area contributed by atoms with Crippen molar-refractivity contribution < 1.29 is 9.59 Å². The van der Waals surface area contributed by atoms with Crippen molar-refractivity contribution in [2.75, 3.05) is 6.54 Å².